The van der Waals surface area contributed by atoms with E-state index in [2.05, 4.69) is 24.7 Å². The van der Waals surface area contributed by atoms with Crippen molar-refractivity contribution in [1.29, 1.82) is 0 Å². The molecule has 0 unspecified atom stereocenters. The zero-order valence-electron chi connectivity index (χ0n) is 17.3. The third-order valence-electron chi connectivity index (χ3n) is 4.59. The highest BCUT2D eigenvalue weighted by Crippen LogP contribution is 2.29. The van der Waals surface area contributed by atoms with Gasteiger partial charge in [-0.3, -0.25) is 4.79 Å². The Hall–Kier alpha value is -2.70. The number of nitrogens with zero attached hydrogens (tertiary/aromatic N) is 2. The van der Waals surface area contributed by atoms with Crippen LogP contribution in [-0.4, -0.2) is 30.7 Å². The molecule has 0 spiro atoms. The van der Waals surface area contributed by atoms with Gasteiger partial charge in [-0.1, -0.05) is 62.1 Å². The molecule has 0 saturated carbocycles. The first-order valence-electron chi connectivity index (χ1n) is 9.82. The number of hydrogen-bond acceptors (Lipinski definition) is 4. The molecule has 0 aliphatic carbocycles. The fourth-order valence-corrected chi connectivity index (χ4v) is 3.64. The third kappa shape index (κ3) is 6.14. The molecular formula is C23H28N2O3Si. The Kier molecular flexibility index (Phi) is 7.01. The highest BCUT2D eigenvalue weighted by Gasteiger charge is 2.14. The molecular weight excluding hydrogens is 380 g/mol. The lowest BCUT2D eigenvalue weighted by Gasteiger charge is -2.15. The van der Waals surface area contributed by atoms with Crippen molar-refractivity contribution in [2.75, 3.05) is 6.61 Å². The Morgan fingerprint density at radius 2 is 1.86 bits per heavy atom. The summed E-state index contributed by atoms with van der Waals surface area (Å²) in [6.45, 7) is 8.55. The van der Waals surface area contributed by atoms with Crippen molar-refractivity contribution in [1.82, 2.24) is 9.78 Å². The maximum Gasteiger partial charge on any atom is 0.154 e. The number of hydrogen-bond donors (Lipinski definition) is 0. The molecule has 0 aliphatic heterocycles. The third-order valence-corrected chi connectivity index (χ3v) is 6.29. The molecule has 0 amide bonds. The van der Waals surface area contributed by atoms with E-state index in [4.69, 9.17) is 9.47 Å². The van der Waals surface area contributed by atoms with E-state index in [0.29, 0.717) is 24.7 Å². The fourth-order valence-electron chi connectivity index (χ4n) is 2.89. The van der Waals surface area contributed by atoms with Crippen LogP contribution in [0.3, 0.4) is 0 Å². The minimum atomic E-state index is -1.10. The standard InChI is InChI=1S/C23H28N2O3Si/c1-29(2,3)13-12-27-18-25-15-20(14-24-25)21-10-7-11-23(22(21)16-26)28-17-19-8-5-4-6-9-19/h4-11,14-16H,12-13,17-18H2,1-3H3. The van der Waals surface area contributed by atoms with Crippen molar-refractivity contribution in [3.05, 3.63) is 72.1 Å². The van der Waals surface area contributed by atoms with Gasteiger partial charge in [-0.05, 0) is 23.2 Å². The second-order valence-corrected chi connectivity index (χ2v) is 13.8. The zero-order chi connectivity index (χ0) is 20.7. The second kappa shape index (κ2) is 9.67. The van der Waals surface area contributed by atoms with Gasteiger partial charge in [-0.2, -0.15) is 5.10 Å². The average Bonchev–Trinajstić information content (AvgIpc) is 3.18. The molecule has 0 aliphatic rings. The molecule has 0 atom stereocenters. The van der Waals surface area contributed by atoms with Crippen LogP contribution < -0.4 is 4.74 Å². The van der Waals surface area contributed by atoms with E-state index in [9.17, 15) is 4.79 Å². The highest BCUT2D eigenvalue weighted by atomic mass is 28.3. The topological polar surface area (TPSA) is 53.4 Å². The summed E-state index contributed by atoms with van der Waals surface area (Å²) in [6.07, 6.45) is 4.50. The molecule has 6 heteroatoms. The summed E-state index contributed by atoms with van der Waals surface area (Å²) in [5.41, 5.74) is 3.26. The van der Waals surface area contributed by atoms with E-state index in [1.165, 1.54) is 0 Å². The second-order valence-electron chi connectivity index (χ2n) is 8.23. The predicted octanol–water partition coefficient (Wildman–Crippen LogP) is 5.25. The van der Waals surface area contributed by atoms with Gasteiger partial charge in [-0.25, -0.2) is 4.68 Å². The fraction of sp³-hybridized carbons (Fsp3) is 0.304. The first kappa shape index (κ1) is 21.0. The molecule has 152 valence electrons. The van der Waals surface area contributed by atoms with Crippen LogP contribution in [0.25, 0.3) is 11.1 Å². The van der Waals surface area contributed by atoms with Gasteiger partial charge in [0.1, 0.15) is 19.1 Å². The Morgan fingerprint density at radius 3 is 2.59 bits per heavy atom. The van der Waals surface area contributed by atoms with Crippen LogP contribution in [0, 0.1) is 0 Å². The zero-order valence-corrected chi connectivity index (χ0v) is 18.3. The lowest BCUT2D eigenvalue weighted by Crippen LogP contribution is -2.22. The summed E-state index contributed by atoms with van der Waals surface area (Å²) in [5.74, 6) is 0.570. The van der Waals surface area contributed by atoms with Crippen LogP contribution in [0.4, 0.5) is 0 Å². The molecule has 0 radical (unpaired) electrons. The molecule has 1 heterocycles. The van der Waals surface area contributed by atoms with Gasteiger partial charge in [0.05, 0.1) is 11.8 Å². The molecule has 29 heavy (non-hydrogen) atoms. The summed E-state index contributed by atoms with van der Waals surface area (Å²) < 4.78 is 13.4. The lowest BCUT2D eigenvalue weighted by molar-refractivity contribution is 0.0786. The molecule has 5 nitrogen and oxygen atoms in total. The largest absolute Gasteiger partial charge is 0.488 e. The molecule has 3 aromatic rings. The maximum atomic E-state index is 11.8. The van der Waals surface area contributed by atoms with Crippen molar-refractivity contribution in [3.63, 3.8) is 0 Å². The normalized spacial score (nSPS) is 11.4. The Morgan fingerprint density at radius 1 is 1.07 bits per heavy atom. The molecule has 0 bridgehead atoms. The summed E-state index contributed by atoms with van der Waals surface area (Å²) in [4.78, 5) is 11.8. The minimum absolute atomic E-state index is 0.408. The quantitative estimate of drug-likeness (QED) is 0.261. The Labute approximate surface area is 173 Å². The Bertz CT molecular complexity index is 933. The molecule has 1 aromatic heterocycles. The molecule has 3 rings (SSSR count). The van der Waals surface area contributed by atoms with Crippen molar-refractivity contribution in [2.24, 2.45) is 0 Å². The lowest BCUT2D eigenvalue weighted by atomic mass is 10.0. The number of carbonyl (C=O) groups is 1. The average molecular weight is 409 g/mol. The molecule has 0 saturated heterocycles. The minimum Gasteiger partial charge on any atom is -0.488 e. The van der Waals surface area contributed by atoms with Crippen molar-refractivity contribution in [3.8, 4) is 16.9 Å². The number of carbonyl (C=O) groups excluding carboxylic acids is 1. The Balaban J connectivity index is 1.69. The van der Waals surface area contributed by atoms with Crippen LogP contribution in [0.2, 0.25) is 25.7 Å². The number of rotatable bonds is 10. The van der Waals surface area contributed by atoms with Crippen LogP contribution in [0.1, 0.15) is 15.9 Å². The van der Waals surface area contributed by atoms with E-state index >= 15 is 0 Å². The van der Waals surface area contributed by atoms with Crippen molar-refractivity contribution < 1.29 is 14.3 Å². The predicted molar refractivity (Wildman–Crippen MR) is 118 cm³/mol. The number of aromatic nitrogens is 2. The maximum absolute atomic E-state index is 11.8. The van der Waals surface area contributed by atoms with Crippen LogP contribution in [-0.2, 0) is 18.1 Å². The van der Waals surface area contributed by atoms with Gasteiger partial charge in [0.2, 0.25) is 0 Å². The smallest absolute Gasteiger partial charge is 0.154 e. The van der Waals surface area contributed by atoms with Crippen LogP contribution in [0.15, 0.2) is 60.9 Å². The van der Waals surface area contributed by atoms with E-state index in [0.717, 1.165) is 35.6 Å². The SMILES string of the molecule is C[Si](C)(C)CCOCn1cc(-c2cccc(OCc3ccccc3)c2C=O)cn1. The summed E-state index contributed by atoms with van der Waals surface area (Å²) in [6, 6.07) is 16.6. The van der Waals surface area contributed by atoms with Crippen molar-refractivity contribution >= 4 is 14.4 Å². The van der Waals surface area contributed by atoms with Gasteiger partial charge in [0.25, 0.3) is 0 Å². The molecule has 0 N–H and O–H groups in total. The van der Waals surface area contributed by atoms with Gasteiger partial charge < -0.3 is 9.47 Å². The van der Waals surface area contributed by atoms with Crippen molar-refractivity contribution in [2.45, 2.75) is 39.0 Å². The number of benzene rings is 2. The van der Waals surface area contributed by atoms with Gasteiger partial charge >= 0.3 is 0 Å². The van der Waals surface area contributed by atoms with E-state index in [1.807, 2.05) is 54.7 Å². The van der Waals surface area contributed by atoms with Crippen LogP contribution in [0.5, 0.6) is 5.75 Å². The van der Waals surface area contributed by atoms with Crippen LogP contribution >= 0.6 is 0 Å². The monoisotopic (exact) mass is 408 g/mol. The summed E-state index contributed by atoms with van der Waals surface area (Å²) in [5, 5.41) is 4.37. The highest BCUT2D eigenvalue weighted by molar-refractivity contribution is 6.76. The summed E-state index contributed by atoms with van der Waals surface area (Å²) >= 11 is 0. The summed E-state index contributed by atoms with van der Waals surface area (Å²) in [7, 11) is -1.10. The number of ether oxygens (including phenoxy) is 2. The van der Waals surface area contributed by atoms with E-state index in [1.54, 1.807) is 10.9 Å². The van der Waals surface area contributed by atoms with Gasteiger partial charge in [-0.15, -0.1) is 0 Å². The first-order chi connectivity index (χ1) is 14.0. The van der Waals surface area contributed by atoms with E-state index < -0.39 is 8.07 Å². The van der Waals surface area contributed by atoms with Gasteiger partial charge in [0.15, 0.2) is 6.29 Å². The number of aldehydes is 1. The molecule has 0 fully saturated rings. The van der Waals surface area contributed by atoms with E-state index in [-0.39, 0.29) is 0 Å². The first-order valence-corrected chi connectivity index (χ1v) is 13.5. The van der Waals surface area contributed by atoms with Gasteiger partial charge in [0, 0.05) is 26.4 Å². The molecule has 2 aromatic carbocycles.